The Labute approximate surface area is 141 Å². The summed E-state index contributed by atoms with van der Waals surface area (Å²) in [4.78, 5) is 17.6. The summed E-state index contributed by atoms with van der Waals surface area (Å²) >= 11 is 0. The van der Waals surface area contributed by atoms with Crippen molar-refractivity contribution in [2.24, 2.45) is 5.41 Å². The zero-order chi connectivity index (χ0) is 17.0. The van der Waals surface area contributed by atoms with Gasteiger partial charge in [-0.3, -0.25) is 9.69 Å². The van der Waals surface area contributed by atoms with E-state index in [1.165, 1.54) is 11.5 Å². The van der Waals surface area contributed by atoms with E-state index < -0.39 is 0 Å². The number of hydrogen-bond donors (Lipinski definition) is 0. The molecule has 2 rings (SSSR count). The molecule has 3 heteroatoms. The molecular weight excluding hydrogens is 284 g/mol. The van der Waals surface area contributed by atoms with Crippen LogP contribution in [-0.4, -0.2) is 41.9 Å². The molecule has 1 aliphatic rings. The number of rotatable bonds is 5. The Bertz CT molecular complexity index is 510. The number of piperazine rings is 1. The van der Waals surface area contributed by atoms with Gasteiger partial charge in [-0.25, -0.2) is 0 Å². The molecule has 23 heavy (non-hydrogen) atoms. The first-order valence-corrected chi connectivity index (χ1v) is 8.72. The average molecular weight is 315 g/mol. The van der Waals surface area contributed by atoms with Crippen LogP contribution in [0.15, 0.2) is 30.3 Å². The summed E-state index contributed by atoms with van der Waals surface area (Å²) in [7, 11) is 0. The molecule has 3 nitrogen and oxygen atoms in total. The molecule has 1 amide bonds. The standard InChI is InChI=1S/C20H31N2O/c1-6-20(4,5)19(23)22-13-12-21(14-16(2)3)15-18(22)17-10-8-7-9-11-17/h7-11,18H,6,12-15H2,1-5H3. The van der Waals surface area contributed by atoms with E-state index in [2.05, 4.69) is 68.7 Å². The molecule has 1 aliphatic heterocycles. The minimum atomic E-state index is -0.290. The first-order chi connectivity index (χ1) is 10.8. The fourth-order valence-corrected chi connectivity index (χ4v) is 3.17. The van der Waals surface area contributed by atoms with E-state index in [4.69, 9.17) is 0 Å². The second kappa shape index (κ2) is 7.48. The van der Waals surface area contributed by atoms with Crippen molar-refractivity contribution < 1.29 is 4.79 Å². The highest BCUT2D eigenvalue weighted by atomic mass is 16.2. The minimum absolute atomic E-state index is 0.155. The zero-order valence-electron chi connectivity index (χ0n) is 15.3. The fraction of sp³-hybridized carbons (Fsp3) is 0.600. The summed E-state index contributed by atoms with van der Waals surface area (Å²) in [5.74, 6) is 1.70. The van der Waals surface area contributed by atoms with Gasteiger partial charge in [-0.2, -0.15) is 0 Å². The molecule has 0 aliphatic carbocycles. The maximum atomic E-state index is 13.1. The fourth-order valence-electron chi connectivity index (χ4n) is 3.17. The van der Waals surface area contributed by atoms with Crippen LogP contribution in [0.1, 0.15) is 52.6 Å². The summed E-state index contributed by atoms with van der Waals surface area (Å²) in [5, 5.41) is 0. The van der Waals surface area contributed by atoms with Crippen molar-refractivity contribution in [3.05, 3.63) is 41.8 Å². The highest BCUT2D eigenvalue weighted by Crippen LogP contribution is 2.32. The zero-order valence-corrected chi connectivity index (χ0v) is 15.3. The van der Waals surface area contributed by atoms with Crippen LogP contribution in [0.3, 0.4) is 0 Å². The Balaban J connectivity index is 2.25. The second-order valence-corrected chi connectivity index (χ2v) is 7.60. The van der Waals surface area contributed by atoms with Crippen molar-refractivity contribution in [3.63, 3.8) is 0 Å². The SMILES string of the molecule is CCC(C)(C)C(=O)N1CCN(C[C](C)C)CC1c1ccccc1. The quantitative estimate of drug-likeness (QED) is 0.822. The van der Waals surface area contributed by atoms with Crippen LogP contribution in [0.4, 0.5) is 0 Å². The summed E-state index contributed by atoms with van der Waals surface area (Å²) in [6.45, 7) is 14.3. The molecule has 0 spiro atoms. The predicted octanol–water partition coefficient (Wildman–Crippen LogP) is 3.92. The van der Waals surface area contributed by atoms with Gasteiger partial charge in [0.15, 0.2) is 0 Å². The first-order valence-electron chi connectivity index (χ1n) is 8.72. The number of hydrogen-bond acceptors (Lipinski definition) is 2. The maximum absolute atomic E-state index is 13.1. The monoisotopic (exact) mass is 315 g/mol. The van der Waals surface area contributed by atoms with Crippen LogP contribution < -0.4 is 0 Å². The molecule has 0 saturated carbocycles. The smallest absolute Gasteiger partial charge is 0.228 e. The van der Waals surface area contributed by atoms with Gasteiger partial charge in [-0.05, 0) is 17.9 Å². The van der Waals surface area contributed by atoms with E-state index in [1.807, 2.05) is 6.07 Å². The van der Waals surface area contributed by atoms with Crippen LogP contribution in [0.5, 0.6) is 0 Å². The molecule has 1 aromatic rings. The van der Waals surface area contributed by atoms with Crippen molar-refractivity contribution in [3.8, 4) is 0 Å². The van der Waals surface area contributed by atoms with Crippen molar-refractivity contribution in [1.29, 1.82) is 0 Å². The van der Waals surface area contributed by atoms with E-state index in [1.54, 1.807) is 0 Å². The van der Waals surface area contributed by atoms with Crippen LogP contribution in [0, 0.1) is 11.3 Å². The largest absolute Gasteiger partial charge is 0.333 e. The lowest BCUT2D eigenvalue weighted by Crippen LogP contribution is -2.54. The molecule has 1 heterocycles. The molecule has 1 unspecified atom stereocenters. The van der Waals surface area contributed by atoms with E-state index >= 15 is 0 Å². The van der Waals surface area contributed by atoms with E-state index in [0.717, 1.165) is 32.6 Å². The van der Waals surface area contributed by atoms with E-state index in [9.17, 15) is 4.79 Å². The summed E-state index contributed by atoms with van der Waals surface area (Å²) < 4.78 is 0. The molecular formula is C20H31N2O. The summed E-state index contributed by atoms with van der Waals surface area (Å²) in [6, 6.07) is 10.6. The molecule has 1 atom stereocenters. The molecule has 0 aromatic heterocycles. The Morgan fingerprint density at radius 1 is 1.17 bits per heavy atom. The molecule has 1 aromatic carbocycles. The number of nitrogens with zero attached hydrogens (tertiary/aromatic N) is 2. The average Bonchev–Trinajstić information content (AvgIpc) is 2.54. The van der Waals surface area contributed by atoms with Crippen molar-refractivity contribution >= 4 is 5.91 Å². The lowest BCUT2D eigenvalue weighted by atomic mass is 9.87. The molecule has 1 radical (unpaired) electrons. The molecule has 1 saturated heterocycles. The van der Waals surface area contributed by atoms with Crippen LogP contribution in [-0.2, 0) is 4.79 Å². The third-order valence-corrected chi connectivity index (χ3v) is 4.91. The predicted molar refractivity (Wildman–Crippen MR) is 96.0 cm³/mol. The number of carbonyl (C=O) groups excluding carboxylic acids is 1. The maximum Gasteiger partial charge on any atom is 0.228 e. The Morgan fingerprint density at radius 3 is 2.39 bits per heavy atom. The van der Waals surface area contributed by atoms with Gasteiger partial charge in [0.05, 0.1) is 6.04 Å². The van der Waals surface area contributed by atoms with Crippen LogP contribution >= 0.6 is 0 Å². The second-order valence-electron chi connectivity index (χ2n) is 7.60. The summed E-state index contributed by atoms with van der Waals surface area (Å²) in [6.07, 6.45) is 0.870. The topological polar surface area (TPSA) is 23.6 Å². The lowest BCUT2D eigenvalue weighted by molar-refractivity contribution is -0.146. The van der Waals surface area contributed by atoms with Crippen LogP contribution in [0.2, 0.25) is 0 Å². The molecule has 127 valence electrons. The van der Waals surface area contributed by atoms with Crippen molar-refractivity contribution in [2.75, 3.05) is 26.2 Å². The number of amides is 1. The highest BCUT2D eigenvalue weighted by Gasteiger charge is 2.37. The molecule has 0 N–H and O–H groups in total. The van der Waals surface area contributed by atoms with Crippen LogP contribution in [0.25, 0.3) is 0 Å². The van der Waals surface area contributed by atoms with E-state index in [-0.39, 0.29) is 17.4 Å². The van der Waals surface area contributed by atoms with Crippen molar-refractivity contribution in [2.45, 2.75) is 47.1 Å². The minimum Gasteiger partial charge on any atom is -0.333 e. The lowest BCUT2D eigenvalue weighted by Gasteiger charge is -2.44. The Kier molecular flexibility index (Phi) is 5.85. The van der Waals surface area contributed by atoms with Gasteiger partial charge in [0.2, 0.25) is 5.91 Å². The first kappa shape index (κ1) is 18.0. The summed E-state index contributed by atoms with van der Waals surface area (Å²) in [5.41, 5.74) is 0.952. The Morgan fingerprint density at radius 2 is 1.83 bits per heavy atom. The van der Waals surface area contributed by atoms with E-state index in [0.29, 0.717) is 0 Å². The van der Waals surface area contributed by atoms with Gasteiger partial charge in [-0.1, -0.05) is 65.0 Å². The number of benzene rings is 1. The molecule has 0 bridgehead atoms. The van der Waals surface area contributed by atoms with Gasteiger partial charge in [0.25, 0.3) is 0 Å². The third-order valence-electron chi connectivity index (χ3n) is 4.91. The van der Waals surface area contributed by atoms with Gasteiger partial charge < -0.3 is 4.90 Å². The molecule has 1 fully saturated rings. The van der Waals surface area contributed by atoms with Crippen molar-refractivity contribution in [1.82, 2.24) is 9.80 Å². The van der Waals surface area contributed by atoms with Gasteiger partial charge in [-0.15, -0.1) is 0 Å². The highest BCUT2D eigenvalue weighted by molar-refractivity contribution is 5.82. The Hall–Kier alpha value is -1.35. The number of carbonyl (C=O) groups is 1. The van der Waals surface area contributed by atoms with Gasteiger partial charge in [0.1, 0.15) is 0 Å². The third kappa shape index (κ3) is 4.35. The van der Waals surface area contributed by atoms with Gasteiger partial charge in [0, 0.05) is 31.6 Å². The normalized spacial score (nSPS) is 20.1. The van der Waals surface area contributed by atoms with Gasteiger partial charge >= 0.3 is 0 Å².